The van der Waals surface area contributed by atoms with Gasteiger partial charge in [0.15, 0.2) is 5.96 Å². The molecule has 1 atom stereocenters. The number of rotatable bonds is 6. The summed E-state index contributed by atoms with van der Waals surface area (Å²) in [5.74, 6) is 0.682. The fraction of sp³-hybridized carbons (Fsp3) is 0.467. The standard InChI is InChI=1S/C15H22BrN5OS.HI/c1-4-17-14(18-7-13-5-12(16)9-23-13)19-10-15(2,22)11-6-20-21(3)8-11;/h5-6,8-9,22H,4,7,10H2,1-3H3,(H2,17,18,19);1H. The number of hydrogen-bond donors (Lipinski definition) is 3. The molecule has 0 aliphatic heterocycles. The van der Waals surface area contributed by atoms with Crippen LogP contribution in [0.5, 0.6) is 0 Å². The molecule has 0 aliphatic rings. The highest BCUT2D eigenvalue weighted by molar-refractivity contribution is 14.0. The first-order valence-corrected chi connectivity index (χ1v) is 9.04. The van der Waals surface area contributed by atoms with Crippen LogP contribution in [0, 0.1) is 0 Å². The van der Waals surface area contributed by atoms with E-state index in [4.69, 9.17) is 0 Å². The minimum absolute atomic E-state index is 0. The molecule has 3 N–H and O–H groups in total. The van der Waals surface area contributed by atoms with Crippen LogP contribution in [0.3, 0.4) is 0 Å². The van der Waals surface area contributed by atoms with Gasteiger partial charge in [-0.2, -0.15) is 5.10 Å². The van der Waals surface area contributed by atoms with Gasteiger partial charge in [-0.25, -0.2) is 4.99 Å². The molecule has 0 fully saturated rings. The molecule has 2 heterocycles. The SMILES string of the molecule is CCNC(=NCc1cc(Br)cs1)NCC(C)(O)c1cnn(C)c1.I. The lowest BCUT2D eigenvalue weighted by Gasteiger charge is -2.23. The Kier molecular flexibility index (Phi) is 8.68. The molecule has 0 saturated carbocycles. The van der Waals surface area contributed by atoms with Crippen LogP contribution in [-0.4, -0.2) is 33.9 Å². The maximum absolute atomic E-state index is 10.6. The van der Waals surface area contributed by atoms with Crippen molar-refractivity contribution in [3.63, 3.8) is 0 Å². The van der Waals surface area contributed by atoms with Crippen LogP contribution in [0.2, 0.25) is 0 Å². The maximum atomic E-state index is 10.6. The summed E-state index contributed by atoms with van der Waals surface area (Å²) in [6, 6.07) is 2.06. The van der Waals surface area contributed by atoms with Gasteiger partial charge in [0, 0.05) is 40.1 Å². The summed E-state index contributed by atoms with van der Waals surface area (Å²) < 4.78 is 2.75. The normalized spacial score (nSPS) is 14.0. The number of aliphatic hydroxyl groups is 1. The van der Waals surface area contributed by atoms with Gasteiger partial charge in [0.2, 0.25) is 0 Å². The predicted molar refractivity (Wildman–Crippen MR) is 113 cm³/mol. The fourth-order valence-corrected chi connectivity index (χ4v) is 3.37. The molecular formula is C15H23BrIN5OS. The van der Waals surface area contributed by atoms with E-state index in [-0.39, 0.29) is 24.0 Å². The van der Waals surface area contributed by atoms with E-state index < -0.39 is 5.60 Å². The van der Waals surface area contributed by atoms with Crippen molar-refractivity contribution in [2.45, 2.75) is 26.0 Å². The quantitative estimate of drug-likeness (QED) is 0.307. The zero-order valence-electron chi connectivity index (χ0n) is 13.9. The summed E-state index contributed by atoms with van der Waals surface area (Å²) >= 11 is 5.11. The Morgan fingerprint density at radius 1 is 1.50 bits per heavy atom. The van der Waals surface area contributed by atoms with E-state index in [9.17, 15) is 5.11 Å². The zero-order chi connectivity index (χ0) is 16.9. The van der Waals surface area contributed by atoms with Gasteiger partial charge in [0.05, 0.1) is 19.3 Å². The minimum Gasteiger partial charge on any atom is -0.383 e. The second-order valence-corrected chi connectivity index (χ2v) is 7.37. The molecule has 0 spiro atoms. The van der Waals surface area contributed by atoms with Crippen molar-refractivity contribution in [2.75, 3.05) is 13.1 Å². The van der Waals surface area contributed by atoms with Gasteiger partial charge in [-0.05, 0) is 35.8 Å². The number of thiophene rings is 1. The number of aromatic nitrogens is 2. The molecule has 24 heavy (non-hydrogen) atoms. The Morgan fingerprint density at radius 3 is 2.79 bits per heavy atom. The highest BCUT2D eigenvalue weighted by Gasteiger charge is 2.24. The summed E-state index contributed by atoms with van der Waals surface area (Å²) in [7, 11) is 1.83. The molecule has 0 radical (unpaired) electrons. The first-order valence-electron chi connectivity index (χ1n) is 7.37. The molecule has 134 valence electrons. The van der Waals surface area contributed by atoms with Crippen LogP contribution in [0.15, 0.2) is 33.3 Å². The first kappa shape index (κ1) is 21.4. The van der Waals surface area contributed by atoms with Crippen LogP contribution in [0.4, 0.5) is 0 Å². The number of guanidine groups is 1. The highest BCUT2D eigenvalue weighted by Crippen LogP contribution is 2.20. The highest BCUT2D eigenvalue weighted by atomic mass is 127. The fourth-order valence-electron chi connectivity index (χ4n) is 1.99. The van der Waals surface area contributed by atoms with Gasteiger partial charge in [-0.1, -0.05) is 0 Å². The Hall–Kier alpha value is -0.650. The van der Waals surface area contributed by atoms with E-state index in [0.717, 1.165) is 16.6 Å². The molecule has 0 amide bonds. The molecule has 2 aromatic heterocycles. The molecule has 1 unspecified atom stereocenters. The lowest BCUT2D eigenvalue weighted by molar-refractivity contribution is 0.0616. The third-order valence-corrected chi connectivity index (χ3v) is 4.97. The number of aryl methyl sites for hydroxylation is 1. The van der Waals surface area contributed by atoms with E-state index in [1.165, 1.54) is 4.88 Å². The third kappa shape index (κ3) is 6.34. The molecule has 9 heteroatoms. The molecule has 2 aromatic rings. The van der Waals surface area contributed by atoms with Crippen molar-refractivity contribution >= 4 is 57.2 Å². The number of nitrogens with zero attached hydrogens (tertiary/aromatic N) is 3. The molecule has 0 aromatic carbocycles. The Morgan fingerprint density at radius 2 is 2.25 bits per heavy atom. The summed E-state index contributed by atoms with van der Waals surface area (Å²) in [4.78, 5) is 5.73. The summed E-state index contributed by atoms with van der Waals surface area (Å²) in [5, 5.41) is 23.1. The van der Waals surface area contributed by atoms with Gasteiger partial charge in [-0.3, -0.25) is 4.68 Å². The molecule has 0 saturated heterocycles. The summed E-state index contributed by atoms with van der Waals surface area (Å²) in [6.07, 6.45) is 3.49. The zero-order valence-corrected chi connectivity index (χ0v) is 18.6. The van der Waals surface area contributed by atoms with Crippen LogP contribution in [0.25, 0.3) is 0 Å². The molecule has 6 nitrogen and oxygen atoms in total. The van der Waals surface area contributed by atoms with Gasteiger partial charge >= 0.3 is 0 Å². The van der Waals surface area contributed by atoms with Crippen LogP contribution < -0.4 is 10.6 Å². The van der Waals surface area contributed by atoms with Crippen molar-refractivity contribution in [3.8, 4) is 0 Å². The van der Waals surface area contributed by atoms with E-state index in [0.29, 0.717) is 19.0 Å². The van der Waals surface area contributed by atoms with Gasteiger partial charge in [-0.15, -0.1) is 35.3 Å². The first-order chi connectivity index (χ1) is 10.9. The molecule has 0 aliphatic carbocycles. The molecule has 2 rings (SSSR count). The number of aliphatic imine (C=N–C) groups is 1. The second-order valence-electron chi connectivity index (χ2n) is 5.46. The van der Waals surface area contributed by atoms with Gasteiger partial charge in [0.1, 0.15) is 5.60 Å². The van der Waals surface area contributed by atoms with Crippen LogP contribution >= 0.6 is 51.2 Å². The summed E-state index contributed by atoms with van der Waals surface area (Å²) in [5.41, 5.74) is -0.248. The monoisotopic (exact) mass is 527 g/mol. The predicted octanol–water partition coefficient (Wildman–Crippen LogP) is 2.82. The van der Waals surface area contributed by atoms with Crippen molar-refractivity contribution in [1.29, 1.82) is 0 Å². The van der Waals surface area contributed by atoms with Gasteiger partial charge < -0.3 is 15.7 Å². The van der Waals surface area contributed by atoms with Crippen LogP contribution in [0.1, 0.15) is 24.3 Å². The van der Waals surface area contributed by atoms with Crippen molar-refractivity contribution < 1.29 is 5.11 Å². The lowest BCUT2D eigenvalue weighted by Crippen LogP contribution is -2.44. The largest absolute Gasteiger partial charge is 0.383 e. The van der Waals surface area contributed by atoms with Gasteiger partial charge in [0.25, 0.3) is 0 Å². The van der Waals surface area contributed by atoms with E-state index in [2.05, 4.69) is 42.7 Å². The maximum Gasteiger partial charge on any atom is 0.191 e. The molecular weight excluding hydrogens is 505 g/mol. The topological polar surface area (TPSA) is 74.5 Å². The number of hydrogen-bond acceptors (Lipinski definition) is 4. The Balaban J connectivity index is 0.00000288. The smallest absolute Gasteiger partial charge is 0.191 e. The van der Waals surface area contributed by atoms with E-state index in [1.807, 2.05) is 25.5 Å². The Bertz CT molecular complexity index is 670. The van der Waals surface area contributed by atoms with E-state index >= 15 is 0 Å². The van der Waals surface area contributed by atoms with Crippen molar-refractivity contribution in [3.05, 3.63) is 38.8 Å². The average molecular weight is 528 g/mol. The van der Waals surface area contributed by atoms with Crippen molar-refractivity contribution in [2.24, 2.45) is 12.0 Å². The number of nitrogens with one attached hydrogen (secondary N) is 2. The molecule has 0 bridgehead atoms. The third-order valence-electron chi connectivity index (χ3n) is 3.29. The van der Waals surface area contributed by atoms with Crippen molar-refractivity contribution in [1.82, 2.24) is 20.4 Å². The second kappa shape index (κ2) is 9.73. The number of halogens is 2. The summed E-state index contributed by atoms with van der Waals surface area (Å²) in [6.45, 7) is 5.48. The Labute approximate surface area is 171 Å². The minimum atomic E-state index is -1.02. The van der Waals surface area contributed by atoms with E-state index in [1.54, 1.807) is 29.1 Å². The lowest BCUT2D eigenvalue weighted by atomic mass is 10.00. The average Bonchev–Trinajstić information content (AvgIpc) is 3.11. The van der Waals surface area contributed by atoms with Crippen LogP contribution in [-0.2, 0) is 19.2 Å².